The summed E-state index contributed by atoms with van der Waals surface area (Å²) in [6, 6.07) is 30.2. The molecule has 0 saturated heterocycles. The quantitative estimate of drug-likeness (QED) is 0.199. The Morgan fingerprint density at radius 1 is 0.457 bits per heavy atom. The predicted octanol–water partition coefficient (Wildman–Crippen LogP) is 9.80. The lowest BCUT2D eigenvalue weighted by atomic mass is 9.88. The highest BCUT2D eigenvalue weighted by atomic mass is 15.1. The van der Waals surface area contributed by atoms with Gasteiger partial charge in [0, 0.05) is 33.6 Å². The van der Waals surface area contributed by atoms with Crippen molar-refractivity contribution in [2.75, 3.05) is 11.5 Å². The van der Waals surface area contributed by atoms with Crippen LogP contribution < -0.4 is 11.5 Å². The summed E-state index contributed by atoms with van der Waals surface area (Å²) in [6.45, 7) is 0. The smallest absolute Gasteiger partial charge is 0.0821 e. The first-order valence-corrected chi connectivity index (χ1v) is 16.5. The standard InChI is InChI=1S/C42H36N4/c43-39-40(44)42(46-35-25-13-9-21-31(35)32-22-10-14-26-36(32)46)38(28-17-5-2-6-18-28)37(27-15-3-1-4-16-27)41(39)45-33-23-11-7-19-29(33)30-20-8-12-24-34(30)45/h1-7,11-19,23-26H,8-10,20-22,43-44H2. The summed E-state index contributed by atoms with van der Waals surface area (Å²) in [5, 5.41) is 1.27. The van der Waals surface area contributed by atoms with Gasteiger partial charge >= 0.3 is 0 Å². The molecule has 2 aromatic heterocycles. The molecule has 0 atom stereocenters. The van der Waals surface area contributed by atoms with E-state index in [0.717, 1.165) is 77.7 Å². The Bertz CT molecular complexity index is 2220. The third-order valence-corrected chi connectivity index (χ3v) is 10.1. The topological polar surface area (TPSA) is 61.9 Å². The number of hydrogen-bond acceptors (Lipinski definition) is 2. The molecule has 0 fully saturated rings. The maximum atomic E-state index is 7.43. The normalized spacial score (nSPS) is 14.8. The minimum atomic E-state index is 0.604. The van der Waals surface area contributed by atoms with E-state index in [9.17, 15) is 0 Å². The second-order valence-electron chi connectivity index (χ2n) is 12.6. The van der Waals surface area contributed by atoms with Crippen LogP contribution in [-0.4, -0.2) is 9.13 Å². The Balaban J connectivity index is 1.51. The van der Waals surface area contributed by atoms with E-state index in [1.807, 2.05) is 0 Å². The molecule has 46 heavy (non-hydrogen) atoms. The van der Waals surface area contributed by atoms with Gasteiger partial charge in [-0.1, -0.05) is 97.1 Å². The van der Waals surface area contributed by atoms with Gasteiger partial charge in [-0.25, -0.2) is 0 Å². The third-order valence-electron chi connectivity index (χ3n) is 10.1. The largest absolute Gasteiger partial charge is 0.395 e. The lowest BCUT2D eigenvalue weighted by Gasteiger charge is -2.28. The van der Waals surface area contributed by atoms with E-state index in [4.69, 9.17) is 11.5 Å². The number of nitrogens with zero attached hydrogens (tertiary/aromatic N) is 2. The van der Waals surface area contributed by atoms with E-state index in [2.05, 4.69) is 131 Å². The van der Waals surface area contributed by atoms with Crippen molar-refractivity contribution in [3.63, 3.8) is 0 Å². The second kappa shape index (κ2) is 10.6. The summed E-state index contributed by atoms with van der Waals surface area (Å²) in [6.07, 6.45) is 20.0. The Morgan fingerprint density at radius 2 is 0.891 bits per heavy atom. The van der Waals surface area contributed by atoms with Crippen molar-refractivity contribution in [1.82, 2.24) is 9.13 Å². The Hall–Kier alpha value is -5.48. The molecule has 0 spiro atoms. The molecule has 6 aromatic rings. The van der Waals surface area contributed by atoms with Crippen LogP contribution in [-0.2, 0) is 19.3 Å². The first-order valence-electron chi connectivity index (χ1n) is 16.5. The molecule has 0 saturated carbocycles. The maximum absolute atomic E-state index is 7.43. The van der Waals surface area contributed by atoms with Gasteiger partial charge in [0.1, 0.15) is 0 Å². The molecule has 224 valence electrons. The number of para-hydroxylation sites is 1. The van der Waals surface area contributed by atoms with Gasteiger partial charge in [-0.15, -0.1) is 0 Å². The van der Waals surface area contributed by atoms with Crippen LogP contribution in [0.4, 0.5) is 11.4 Å². The van der Waals surface area contributed by atoms with Crippen molar-refractivity contribution < 1.29 is 0 Å². The highest BCUT2D eigenvalue weighted by molar-refractivity contribution is 6.06. The zero-order chi connectivity index (χ0) is 30.8. The summed E-state index contributed by atoms with van der Waals surface area (Å²) in [5.74, 6) is 0. The van der Waals surface area contributed by atoms with Crippen molar-refractivity contribution in [2.45, 2.75) is 38.5 Å². The lowest BCUT2D eigenvalue weighted by molar-refractivity contribution is 0.922. The van der Waals surface area contributed by atoms with Crippen molar-refractivity contribution in [1.29, 1.82) is 0 Å². The van der Waals surface area contributed by atoms with Crippen LogP contribution in [0.1, 0.15) is 53.0 Å². The molecule has 3 aliphatic carbocycles. The maximum Gasteiger partial charge on any atom is 0.0821 e. The molecule has 0 radical (unpaired) electrons. The average Bonchev–Trinajstić information content (AvgIpc) is 3.63. The number of fused-ring (bicyclic) bond motifs is 6. The molecule has 9 rings (SSSR count). The number of hydrogen-bond donors (Lipinski definition) is 2. The van der Waals surface area contributed by atoms with Crippen molar-refractivity contribution in [3.05, 3.63) is 137 Å². The average molecular weight is 597 g/mol. The van der Waals surface area contributed by atoms with E-state index in [0.29, 0.717) is 11.4 Å². The van der Waals surface area contributed by atoms with Crippen LogP contribution in [0.25, 0.3) is 62.8 Å². The van der Waals surface area contributed by atoms with Crippen LogP contribution in [0.5, 0.6) is 0 Å². The molecule has 3 aliphatic rings. The highest BCUT2D eigenvalue weighted by Crippen LogP contribution is 2.51. The first kappa shape index (κ1) is 26.9. The van der Waals surface area contributed by atoms with Gasteiger partial charge in [0.15, 0.2) is 0 Å². The molecular weight excluding hydrogens is 560 g/mol. The van der Waals surface area contributed by atoms with Crippen molar-refractivity contribution in [2.24, 2.45) is 0 Å². The number of rotatable bonds is 4. The zero-order valence-electron chi connectivity index (χ0n) is 25.8. The van der Waals surface area contributed by atoms with Gasteiger partial charge in [0.2, 0.25) is 0 Å². The number of aryl methyl sites for hydroxylation is 1. The van der Waals surface area contributed by atoms with Crippen molar-refractivity contribution in [3.8, 4) is 33.6 Å². The zero-order valence-corrected chi connectivity index (χ0v) is 25.8. The summed E-state index contributed by atoms with van der Waals surface area (Å²) < 4.78 is 4.80. The van der Waals surface area contributed by atoms with Crippen molar-refractivity contribution >= 4 is 40.5 Å². The summed E-state index contributed by atoms with van der Waals surface area (Å²) in [4.78, 5) is 0. The Kier molecular flexibility index (Phi) is 6.17. The van der Waals surface area contributed by atoms with Crippen LogP contribution in [0.2, 0.25) is 0 Å². The fourth-order valence-corrected chi connectivity index (χ4v) is 8.13. The second-order valence-corrected chi connectivity index (χ2v) is 12.6. The number of aromatic nitrogens is 2. The van der Waals surface area contributed by atoms with Gasteiger partial charge < -0.3 is 20.6 Å². The molecule has 0 amide bonds. The predicted molar refractivity (Wildman–Crippen MR) is 194 cm³/mol. The van der Waals surface area contributed by atoms with Gasteiger partial charge in [0.05, 0.1) is 28.3 Å². The molecule has 0 aliphatic heterocycles. The fourth-order valence-electron chi connectivity index (χ4n) is 8.13. The number of benzene rings is 4. The molecule has 0 bridgehead atoms. The van der Waals surface area contributed by atoms with E-state index in [1.165, 1.54) is 39.2 Å². The van der Waals surface area contributed by atoms with Gasteiger partial charge in [-0.2, -0.15) is 0 Å². The van der Waals surface area contributed by atoms with Gasteiger partial charge in [-0.05, 0) is 90.6 Å². The van der Waals surface area contributed by atoms with Crippen LogP contribution in [0, 0.1) is 0 Å². The lowest BCUT2D eigenvalue weighted by Crippen LogP contribution is -2.15. The molecule has 2 heterocycles. The molecular formula is C42H36N4. The minimum Gasteiger partial charge on any atom is -0.395 e. The van der Waals surface area contributed by atoms with E-state index in [1.54, 1.807) is 0 Å². The Morgan fingerprint density at radius 3 is 1.43 bits per heavy atom. The third kappa shape index (κ3) is 3.86. The fraction of sp³-hybridized carbons (Fsp3) is 0.143. The van der Waals surface area contributed by atoms with Crippen LogP contribution in [0.3, 0.4) is 0 Å². The van der Waals surface area contributed by atoms with Gasteiger partial charge in [-0.3, -0.25) is 0 Å². The number of nitrogen functional groups attached to an aromatic ring is 2. The molecule has 4 N–H and O–H groups in total. The molecule has 4 aromatic carbocycles. The number of allylic oxidation sites excluding steroid dienone is 3. The SMILES string of the molecule is Nc1c(N)c(-n2c3c(c4ccccc42)CCC=C3)c(-c2ccccc2)c(-c2ccccc2)c1-n1c2c(c3c1C=CCC3)CCC=C2. The van der Waals surface area contributed by atoms with E-state index in [-0.39, 0.29) is 0 Å². The van der Waals surface area contributed by atoms with E-state index < -0.39 is 0 Å². The molecule has 0 unspecified atom stereocenters. The number of nitrogens with two attached hydrogens (primary N) is 2. The summed E-state index contributed by atoms with van der Waals surface area (Å²) in [7, 11) is 0. The monoisotopic (exact) mass is 596 g/mol. The summed E-state index contributed by atoms with van der Waals surface area (Å²) >= 11 is 0. The first-order chi connectivity index (χ1) is 22.7. The summed E-state index contributed by atoms with van der Waals surface area (Å²) in [5.41, 5.74) is 31.4. The van der Waals surface area contributed by atoms with Crippen LogP contribution >= 0.6 is 0 Å². The highest BCUT2D eigenvalue weighted by Gasteiger charge is 2.32. The Labute approximate surface area is 269 Å². The van der Waals surface area contributed by atoms with Crippen LogP contribution in [0.15, 0.2) is 103 Å². The van der Waals surface area contributed by atoms with E-state index >= 15 is 0 Å². The molecule has 4 nitrogen and oxygen atoms in total. The molecule has 4 heteroatoms. The number of anilines is 2. The van der Waals surface area contributed by atoms with Gasteiger partial charge in [0.25, 0.3) is 0 Å². The minimum absolute atomic E-state index is 0.604.